The Morgan fingerprint density at radius 1 is 1.06 bits per heavy atom. The van der Waals surface area contributed by atoms with E-state index in [4.69, 9.17) is 11.6 Å². The van der Waals surface area contributed by atoms with Crippen molar-refractivity contribution < 1.29 is 0 Å². The average Bonchev–Trinajstić information content (AvgIpc) is 2.44. The number of hydrogen-bond donors (Lipinski definition) is 1. The fourth-order valence-electron chi connectivity index (χ4n) is 1.81. The average molecular weight is 261 g/mol. The number of aryl methyl sites for hydroxylation is 1. The maximum absolute atomic E-state index is 5.71. The van der Waals surface area contributed by atoms with Crippen LogP contribution in [0.3, 0.4) is 0 Å². The van der Waals surface area contributed by atoms with Gasteiger partial charge in [0.05, 0.1) is 0 Å². The topological polar surface area (TPSA) is 24.9 Å². The van der Waals surface area contributed by atoms with Crippen molar-refractivity contribution >= 4 is 17.3 Å². The van der Waals surface area contributed by atoms with Gasteiger partial charge in [0.15, 0.2) is 0 Å². The lowest BCUT2D eigenvalue weighted by Gasteiger charge is -2.08. The summed E-state index contributed by atoms with van der Waals surface area (Å²) in [7, 11) is 0. The predicted octanol–water partition coefficient (Wildman–Crippen LogP) is 3.87. The van der Waals surface area contributed by atoms with Crippen molar-refractivity contribution in [2.75, 3.05) is 11.2 Å². The van der Waals surface area contributed by atoms with Crippen LogP contribution in [0.15, 0.2) is 48.8 Å². The molecule has 2 aromatic rings. The first-order valence-corrected chi connectivity index (χ1v) is 6.69. The fourth-order valence-corrected chi connectivity index (χ4v) is 1.95. The summed E-state index contributed by atoms with van der Waals surface area (Å²) >= 11 is 5.71. The van der Waals surface area contributed by atoms with Gasteiger partial charge in [0.1, 0.15) is 0 Å². The van der Waals surface area contributed by atoms with Crippen molar-refractivity contribution in [2.24, 2.45) is 0 Å². The zero-order valence-corrected chi connectivity index (χ0v) is 11.0. The number of nitrogens with zero attached hydrogens (tertiary/aromatic N) is 1. The van der Waals surface area contributed by atoms with Gasteiger partial charge in [0.25, 0.3) is 0 Å². The molecule has 2 rings (SSSR count). The maximum Gasteiger partial charge on any atom is 0.0401 e. The molecule has 0 amide bonds. The van der Waals surface area contributed by atoms with E-state index in [1.54, 1.807) is 0 Å². The summed E-state index contributed by atoms with van der Waals surface area (Å²) in [4.78, 5) is 4.01. The lowest BCUT2D eigenvalue weighted by molar-refractivity contribution is 0.928. The Kier molecular flexibility index (Phi) is 5.03. The molecule has 1 aromatic heterocycles. The van der Waals surface area contributed by atoms with Crippen molar-refractivity contribution in [1.29, 1.82) is 0 Å². The van der Waals surface area contributed by atoms with Gasteiger partial charge in [0, 0.05) is 30.5 Å². The number of rotatable bonds is 6. The summed E-state index contributed by atoms with van der Waals surface area (Å²) in [6, 6.07) is 12.5. The van der Waals surface area contributed by atoms with Crippen LogP contribution in [0.4, 0.5) is 5.69 Å². The summed E-state index contributed by atoms with van der Waals surface area (Å²) < 4.78 is 0. The van der Waals surface area contributed by atoms with E-state index in [1.165, 1.54) is 11.1 Å². The van der Waals surface area contributed by atoms with E-state index in [9.17, 15) is 0 Å². The minimum absolute atomic E-state index is 0.717. The molecule has 1 aromatic carbocycles. The van der Waals surface area contributed by atoms with Crippen LogP contribution in [-0.4, -0.2) is 10.9 Å². The van der Waals surface area contributed by atoms with Gasteiger partial charge in [-0.15, -0.1) is 11.6 Å². The first-order valence-electron chi connectivity index (χ1n) is 6.16. The molecular formula is C15H17ClN2. The molecule has 3 heteroatoms. The molecule has 2 nitrogen and oxygen atoms in total. The normalized spacial score (nSPS) is 10.3. The number of aromatic nitrogens is 1. The van der Waals surface area contributed by atoms with E-state index in [0.29, 0.717) is 5.88 Å². The van der Waals surface area contributed by atoms with E-state index in [-0.39, 0.29) is 0 Å². The van der Waals surface area contributed by atoms with Crippen LogP contribution in [0.5, 0.6) is 0 Å². The monoisotopic (exact) mass is 260 g/mol. The Hall–Kier alpha value is -1.54. The molecule has 0 aliphatic carbocycles. The van der Waals surface area contributed by atoms with E-state index >= 15 is 0 Å². The van der Waals surface area contributed by atoms with Crippen LogP contribution in [0.1, 0.15) is 17.5 Å². The van der Waals surface area contributed by atoms with Crippen LogP contribution in [0.2, 0.25) is 0 Å². The third-order valence-corrected chi connectivity index (χ3v) is 3.04. The Bertz CT molecular complexity index is 471. The molecule has 1 heterocycles. The number of benzene rings is 1. The molecule has 0 aliphatic heterocycles. The van der Waals surface area contributed by atoms with E-state index in [1.807, 2.05) is 24.5 Å². The van der Waals surface area contributed by atoms with Gasteiger partial charge in [-0.05, 0) is 48.2 Å². The summed E-state index contributed by atoms with van der Waals surface area (Å²) in [6.45, 7) is 0.821. The number of alkyl halides is 1. The van der Waals surface area contributed by atoms with E-state index in [0.717, 1.165) is 25.1 Å². The van der Waals surface area contributed by atoms with Gasteiger partial charge in [-0.2, -0.15) is 0 Å². The molecule has 0 saturated carbocycles. The van der Waals surface area contributed by atoms with Crippen molar-refractivity contribution in [3.8, 4) is 0 Å². The summed E-state index contributed by atoms with van der Waals surface area (Å²) in [5, 5.41) is 3.42. The second kappa shape index (κ2) is 7.02. The van der Waals surface area contributed by atoms with Gasteiger partial charge in [-0.3, -0.25) is 4.98 Å². The zero-order valence-electron chi connectivity index (χ0n) is 10.3. The minimum atomic E-state index is 0.717. The molecule has 0 bridgehead atoms. The molecule has 0 aliphatic rings. The third kappa shape index (κ3) is 4.04. The number of pyridine rings is 1. The van der Waals surface area contributed by atoms with Crippen LogP contribution in [0.25, 0.3) is 0 Å². The van der Waals surface area contributed by atoms with Crippen molar-refractivity contribution in [1.82, 2.24) is 4.98 Å². The molecule has 94 valence electrons. The Morgan fingerprint density at radius 2 is 1.89 bits per heavy atom. The largest absolute Gasteiger partial charge is 0.381 e. The van der Waals surface area contributed by atoms with E-state index in [2.05, 4.69) is 34.6 Å². The summed E-state index contributed by atoms with van der Waals surface area (Å²) in [6.07, 6.45) is 5.69. The van der Waals surface area contributed by atoms with E-state index < -0.39 is 0 Å². The molecule has 0 fully saturated rings. The van der Waals surface area contributed by atoms with Crippen LogP contribution in [0, 0.1) is 0 Å². The highest BCUT2D eigenvalue weighted by molar-refractivity contribution is 6.17. The second-order valence-electron chi connectivity index (χ2n) is 4.20. The zero-order chi connectivity index (χ0) is 12.6. The van der Waals surface area contributed by atoms with Crippen molar-refractivity contribution in [2.45, 2.75) is 19.4 Å². The molecule has 0 saturated heterocycles. The first-order chi connectivity index (χ1) is 8.88. The predicted molar refractivity (Wildman–Crippen MR) is 77.0 cm³/mol. The third-order valence-electron chi connectivity index (χ3n) is 2.77. The number of hydrogen-bond acceptors (Lipinski definition) is 2. The second-order valence-corrected chi connectivity index (χ2v) is 4.58. The van der Waals surface area contributed by atoms with Gasteiger partial charge >= 0.3 is 0 Å². The van der Waals surface area contributed by atoms with Gasteiger partial charge in [-0.25, -0.2) is 0 Å². The smallest absolute Gasteiger partial charge is 0.0401 e. The highest BCUT2D eigenvalue weighted by Crippen LogP contribution is 2.13. The number of halogens is 1. The lowest BCUT2D eigenvalue weighted by Crippen LogP contribution is -2.00. The SMILES string of the molecule is ClCCCc1cccc(NCc2ccncc2)c1. The quantitative estimate of drug-likeness (QED) is 0.798. The molecule has 0 unspecified atom stereocenters. The molecule has 0 radical (unpaired) electrons. The van der Waals surface area contributed by atoms with Gasteiger partial charge in [-0.1, -0.05) is 12.1 Å². The number of anilines is 1. The van der Waals surface area contributed by atoms with Crippen LogP contribution >= 0.6 is 11.6 Å². The molecule has 18 heavy (non-hydrogen) atoms. The fraction of sp³-hybridized carbons (Fsp3) is 0.267. The highest BCUT2D eigenvalue weighted by atomic mass is 35.5. The van der Waals surface area contributed by atoms with Gasteiger partial charge in [0.2, 0.25) is 0 Å². The number of nitrogens with one attached hydrogen (secondary N) is 1. The molecule has 0 atom stereocenters. The van der Waals surface area contributed by atoms with Crippen LogP contribution in [-0.2, 0) is 13.0 Å². The molecule has 1 N–H and O–H groups in total. The van der Waals surface area contributed by atoms with Crippen molar-refractivity contribution in [3.05, 3.63) is 59.9 Å². The Balaban J connectivity index is 1.93. The first kappa shape index (κ1) is 12.9. The summed E-state index contributed by atoms with van der Waals surface area (Å²) in [5.74, 6) is 0.717. The van der Waals surface area contributed by atoms with Crippen LogP contribution < -0.4 is 5.32 Å². The van der Waals surface area contributed by atoms with Gasteiger partial charge < -0.3 is 5.32 Å². The minimum Gasteiger partial charge on any atom is -0.381 e. The lowest BCUT2D eigenvalue weighted by atomic mass is 10.1. The maximum atomic E-state index is 5.71. The Labute approximate surface area is 113 Å². The van der Waals surface area contributed by atoms with Crippen molar-refractivity contribution in [3.63, 3.8) is 0 Å². The Morgan fingerprint density at radius 3 is 2.67 bits per heavy atom. The highest BCUT2D eigenvalue weighted by Gasteiger charge is 1.97. The standard InChI is InChI=1S/C15H17ClN2/c16-8-2-4-13-3-1-5-15(11-13)18-12-14-6-9-17-10-7-14/h1,3,5-7,9-11,18H,2,4,8,12H2. The molecular weight excluding hydrogens is 244 g/mol. The summed E-state index contributed by atoms with van der Waals surface area (Å²) in [5.41, 5.74) is 3.71. The molecule has 0 spiro atoms.